The number of epoxide rings is 1. The molecule has 39 heteroatoms. The van der Waals surface area contributed by atoms with Gasteiger partial charge in [0.05, 0.1) is 176 Å². The van der Waals surface area contributed by atoms with Gasteiger partial charge < -0.3 is 124 Å². The number of amides is 4. The van der Waals surface area contributed by atoms with Crippen LogP contribution in [-0.2, 0) is 77.8 Å². The van der Waals surface area contributed by atoms with Crippen LogP contribution < -0.4 is 16.4 Å². The number of β-amino-alcohol motifs (C(OH)–C–C–N with tert-alkyl or cyclic N) is 5. The third-order valence-electron chi connectivity index (χ3n) is 26.2. The maximum absolute atomic E-state index is 13.8. The molecular formula is C100H157FN16O22. The molecule has 0 aliphatic carbocycles. The van der Waals surface area contributed by atoms with Gasteiger partial charge in [-0.25, -0.2) is 14.0 Å². The molecule has 16 heterocycles. The molecular weight excluding hydrogens is 1800 g/mol. The van der Waals surface area contributed by atoms with Crippen molar-refractivity contribution in [3.8, 4) is 0 Å². The van der Waals surface area contributed by atoms with Crippen LogP contribution in [0, 0.1) is 33.5 Å². The summed E-state index contributed by atoms with van der Waals surface area (Å²) in [6.45, 7) is 46.6. The molecule has 4 amide bonds. The number of anilines is 1. The van der Waals surface area contributed by atoms with Crippen LogP contribution in [-0.4, -0.2) is 456 Å². The predicted molar refractivity (Wildman–Crippen MR) is 522 cm³/mol. The number of aromatic nitrogens is 4. The summed E-state index contributed by atoms with van der Waals surface area (Å²) in [7, 11) is 0. The number of nitrogens with one attached hydrogen (secondary N) is 6. The molecule has 0 radical (unpaired) electrons. The predicted octanol–water partition coefficient (Wildman–Crippen LogP) is 3.87. The molecule has 1 aromatic carbocycles. The van der Waals surface area contributed by atoms with E-state index >= 15 is 0 Å². The Morgan fingerprint density at radius 3 is 1.39 bits per heavy atom. The van der Waals surface area contributed by atoms with Gasteiger partial charge in [-0.05, 0) is 160 Å². The minimum atomic E-state index is -0.641. The number of carbonyl (C=O) groups is 7. The van der Waals surface area contributed by atoms with Crippen LogP contribution in [0.5, 0.6) is 0 Å². The van der Waals surface area contributed by atoms with Crippen molar-refractivity contribution in [2.45, 2.75) is 168 Å². The lowest BCUT2D eigenvalue weighted by atomic mass is 10.0. The summed E-state index contributed by atoms with van der Waals surface area (Å²) in [5.41, 5.74) is 16.4. The molecule has 13 N–H and O–H groups in total. The van der Waals surface area contributed by atoms with Crippen molar-refractivity contribution in [2.75, 3.05) is 288 Å². The number of unbranched alkanes of at least 4 members (excludes halogenated alkanes) is 2. The Balaban J connectivity index is 0.000000164. The SMILES string of the molecule is C1CN(C[C@@H]2CO2)CCO1.C1COCCN1.CCOC(=O)c1c(CCCCC[C@H](O)CN2CCOCC2)[nH]c(C(=O)OC(C)(C)C)c1C.Cc1c(/C=C2\C(=O)Nc3ccc(F)cc32)[nH]c2c1C(=O)N(C[C@H](O)CN1CCOCC1)CCC2.Cc1c(C=O)[nH]c2c1C(=O)N(C[C@H](O)CN1CCOCC1)CCC2.Cc1c[nH]c2c1C(=O)N(C[C@H](O)CN1CCOCC1)CCC2.NC[C@H](O)CN1CCOCC1. The number of benzene rings is 1. The standard InChI is InChI=1S/C25H29FN4O4.C24H40N2O6.C17H25N3O4.C16H25N3O3.C7H16N2O2.C7H13NO2.C4H9NO/c1-15-22(12-19-18-11-16(26)4-5-20(18)28-24(19)32)27-21-3-2-6-30(25(33)23(15)21)14-17(31)13-29-7-9-34-10-8-29;1-6-31-22(28)20-17(2)21(23(29)32-24(3,4)5)25-19(20)11-9-7-8-10-18(27)16-26-12-14-30-15-13-26;1-12-15(11-21)18-14-3-2-4-20(17(23)16(12)14)10-13(22)9-19-5-7-24-8-6-19;1-12-9-17-14-3-2-4-19(16(21)15(12)14)11-13(20)10-18-5-7-22-8-6-18;8-5-7(10)6-9-1-3-11-4-2-9;1-3-9-4-2-8(1)5-7-6-10-7;1-3-6-4-2-5-1/h4-5,11-12,17,27,31H,2-3,6-10,13-14H2,1H3,(H,28,32);18,25,27H,6-16H2,1-5H3;11,13,18,22H,2-10H2,1H3;9,13,17,20H,2-8,10-11H2,1H3;7,10H,1-6,8H2;7H,1-6H2;5H,1-4H2/b19-12-;;;;;;/t17-;18-;2*13-;2*7-;/m101101./s1. The highest BCUT2D eigenvalue weighted by Crippen LogP contribution is 2.36. The Morgan fingerprint density at radius 2 is 0.957 bits per heavy atom. The normalized spacial score (nSPS) is 21.1. The number of carbonyl (C=O) groups excluding carboxylic acids is 7. The minimum Gasteiger partial charge on any atom is -0.462 e. The van der Waals surface area contributed by atoms with E-state index in [0.29, 0.717) is 185 Å². The molecule has 139 heavy (non-hydrogen) atoms. The Morgan fingerprint density at radius 1 is 0.525 bits per heavy atom. The second kappa shape index (κ2) is 57.2. The van der Waals surface area contributed by atoms with Crippen molar-refractivity contribution in [1.29, 1.82) is 0 Å². The number of esters is 2. The number of morpholine rings is 7. The average Bonchev–Trinajstić information content (AvgIpc) is 1.61. The van der Waals surface area contributed by atoms with E-state index in [-0.39, 0.29) is 49.0 Å². The number of halogens is 1. The number of H-pyrrole nitrogens is 4. The van der Waals surface area contributed by atoms with Crippen LogP contribution in [0.4, 0.5) is 10.1 Å². The summed E-state index contributed by atoms with van der Waals surface area (Å²) >= 11 is 0. The maximum atomic E-state index is 13.8. The molecule has 0 spiro atoms. The Kier molecular flexibility index (Phi) is 45.7. The first kappa shape index (κ1) is 111. The fraction of sp³-hybridized carbons (Fsp3) is 0.690. The summed E-state index contributed by atoms with van der Waals surface area (Å²) in [5, 5.41) is 56.8. The lowest BCUT2D eigenvalue weighted by Crippen LogP contribution is -2.46. The highest BCUT2D eigenvalue weighted by molar-refractivity contribution is 6.35. The van der Waals surface area contributed by atoms with Gasteiger partial charge in [0.1, 0.15) is 17.1 Å². The summed E-state index contributed by atoms with van der Waals surface area (Å²) in [5.74, 6) is -1.78. The van der Waals surface area contributed by atoms with Crippen molar-refractivity contribution >= 4 is 59.2 Å². The maximum Gasteiger partial charge on any atom is 0.355 e. The van der Waals surface area contributed by atoms with E-state index in [2.05, 4.69) is 60.0 Å². The second-order valence-electron chi connectivity index (χ2n) is 38.3. The van der Waals surface area contributed by atoms with E-state index in [9.17, 15) is 63.5 Å². The van der Waals surface area contributed by atoms with Gasteiger partial charge in [0.15, 0.2) is 6.29 Å². The third kappa shape index (κ3) is 35.3. The van der Waals surface area contributed by atoms with Crippen LogP contribution in [0.15, 0.2) is 24.4 Å². The van der Waals surface area contributed by atoms with Crippen molar-refractivity contribution in [2.24, 2.45) is 5.73 Å². The average molecular weight is 1950 g/mol. The topological polar surface area (TPSA) is 459 Å². The molecule has 0 saturated carbocycles. The van der Waals surface area contributed by atoms with E-state index < -0.39 is 41.7 Å². The number of aliphatic hydroxyl groups is 5. The molecule has 17 rings (SSSR count). The van der Waals surface area contributed by atoms with Gasteiger partial charge in [0, 0.05) is 223 Å². The quantitative estimate of drug-likeness (QED) is 0.0102. The number of nitrogens with zero attached hydrogens (tertiary/aromatic N) is 9. The Bertz CT molecular complexity index is 4650. The van der Waals surface area contributed by atoms with Gasteiger partial charge in [-0.1, -0.05) is 12.8 Å². The zero-order chi connectivity index (χ0) is 99.3. The van der Waals surface area contributed by atoms with Crippen LogP contribution >= 0.6 is 0 Å². The highest BCUT2D eigenvalue weighted by Gasteiger charge is 2.36. The number of hydrogen-bond acceptors (Lipinski definition) is 30. The van der Waals surface area contributed by atoms with E-state index in [1.807, 2.05) is 40.8 Å². The summed E-state index contributed by atoms with van der Waals surface area (Å²) in [4.78, 5) is 119. The van der Waals surface area contributed by atoms with Gasteiger partial charge in [0.2, 0.25) is 0 Å². The molecule has 12 aliphatic heterocycles. The molecule has 8 fully saturated rings. The first-order valence-corrected chi connectivity index (χ1v) is 50.2. The lowest BCUT2D eigenvalue weighted by Gasteiger charge is -2.31. The van der Waals surface area contributed by atoms with E-state index in [1.165, 1.54) is 12.1 Å². The molecule has 12 aliphatic rings. The highest BCUT2D eigenvalue weighted by atomic mass is 19.1. The number of aryl methyl sites for hydroxylation is 5. The molecule has 776 valence electrons. The molecule has 38 nitrogen and oxygen atoms in total. The Hall–Kier alpha value is -8.34. The van der Waals surface area contributed by atoms with Crippen LogP contribution in [0.3, 0.4) is 0 Å². The lowest BCUT2D eigenvalue weighted by molar-refractivity contribution is -0.110. The number of rotatable bonds is 30. The largest absolute Gasteiger partial charge is 0.462 e. The first-order chi connectivity index (χ1) is 67.0. The first-order valence-electron chi connectivity index (χ1n) is 50.2. The van der Waals surface area contributed by atoms with Crippen molar-refractivity contribution in [1.82, 2.24) is 69.4 Å². The van der Waals surface area contributed by atoms with E-state index in [0.717, 1.165) is 269 Å². The summed E-state index contributed by atoms with van der Waals surface area (Å²) < 4.78 is 66.3. The van der Waals surface area contributed by atoms with E-state index in [1.54, 1.807) is 47.6 Å². The number of hydrogen-bond donors (Lipinski definition) is 12. The molecule has 0 bridgehead atoms. The summed E-state index contributed by atoms with van der Waals surface area (Å²) in [6, 6.07) is 4.19. The monoisotopic (exact) mass is 1950 g/mol. The number of aromatic amines is 4. The van der Waals surface area contributed by atoms with E-state index in [4.69, 9.17) is 53.1 Å². The van der Waals surface area contributed by atoms with Crippen LogP contribution in [0.25, 0.3) is 11.6 Å². The van der Waals surface area contributed by atoms with Crippen LogP contribution in [0.2, 0.25) is 0 Å². The zero-order valence-corrected chi connectivity index (χ0v) is 83.3. The van der Waals surface area contributed by atoms with Gasteiger partial charge in [-0.15, -0.1) is 0 Å². The Labute approximate surface area is 817 Å². The minimum absolute atomic E-state index is 0.0484. The zero-order valence-electron chi connectivity index (χ0n) is 83.3. The molecule has 8 saturated heterocycles. The van der Waals surface area contributed by atoms with Gasteiger partial charge in [0.25, 0.3) is 23.6 Å². The second-order valence-corrected chi connectivity index (χ2v) is 38.3. The van der Waals surface area contributed by atoms with Crippen molar-refractivity contribution in [3.63, 3.8) is 0 Å². The molecule has 5 aromatic rings. The molecule has 6 atom stereocenters. The smallest absolute Gasteiger partial charge is 0.355 e. The number of nitrogens with two attached hydrogens (primary N) is 1. The van der Waals surface area contributed by atoms with Gasteiger partial charge in [-0.3, -0.25) is 53.4 Å². The molecule has 0 unspecified atom stereocenters. The summed E-state index contributed by atoms with van der Waals surface area (Å²) in [6.07, 6.45) is 11.3. The van der Waals surface area contributed by atoms with Gasteiger partial charge >= 0.3 is 11.9 Å². The van der Waals surface area contributed by atoms with Crippen LogP contribution in [0.1, 0.15) is 191 Å². The fourth-order valence-electron chi connectivity index (χ4n) is 18.7. The van der Waals surface area contributed by atoms with Crippen molar-refractivity contribution in [3.05, 3.63) is 120 Å². The molecule has 4 aromatic heterocycles. The number of aliphatic hydroxyl groups excluding tert-OH is 5. The number of fused-ring (bicyclic) bond motifs is 4. The fourth-order valence-corrected chi connectivity index (χ4v) is 18.7. The number of ether oxygens (including phenoxy) is 10. The van der Waals surface area contributed by atoms with Crippen molar-refractivity contribution < 1.29 is 111 Å². The third-order valence-corrected chi connectivity index (χ3v) is 26.2. The number of aldehydes is 1. The van der Waals surface area contributed by atoms with Gasteiger partial charge in [-0.2, -0.15) is 0 Å².